The molecule has 4 aromatic rings. The van der Waals surface area contributed by atoms with Crippen LogP contribution in [0.4, 0.5) is 5.69 Å². The van der Waals surface area contributed by atoms with Gasteiger partial charge in [0.15, 0.2) is 11.5 Å². The Bertz CT molecular complexity index is 1770. The van der Waals surface area contributed by atoms with E-state index in [-0.39, 0.29) is 24.0 Å². The molecule has 0 amide bonds. The lowest BCUT2D eigenvalue weighted by atomic mass is 9.87. The number of nitrogens with zero attached hydrogens (tertiary/aromatic N) is 4. The molecule has 2 saturated heterocycles. The van der Waals surface area contributed by atoms with Crippen LogP contribution in [0.3, 0.4) is 0 Å². The maximum atomic E-state index is 12.0. The van der Waals surface area contributed by atoms with Crippen molar-refractivity contribution in [1.29, 1.82) is 0 Å². The van der Waals surface area contributed by atoms with Crippen LogP contribution in [0, 0.1) is 5.41 Å². The van der Waals surface area contributed by atoms with Crippen molar-refractivity contribution in [1.82, 2.24) is 19.4 Å². The molecule has 2 atom stereocenters. The number of pyridine rings is 1. The highest BCUT2D eigenvalue weighted by Gasteiger charge is 2.43. The Morgan fingerprint density at radius 2 is 1.94 bits per heavy atom. The molecular weight excluding hydrogens is 618 g/mol. The molecule has 0 unspecified atom stereocenters. The number of halogens is 1. The monoisotopic (exact) mass is 659 g/mol. The van der Waals surface area contributed by atoms with Crippen molar-refractivity contribution in [3.05, 3.63) is 76.8 Å². The molecule has 2 fully saturated rings. The zero-order chi connectivity index (χ0) is 32.8. The molecule has 11 heteroatoms. The molecule has 2 aromatic carbocycles. The number of ether oxygens (including phenoxy) is 4. The number of piperidine rings is 1. The summed E-state index contributed by atoms with van der Waals surface area (Å²) in [5.74, 6) is 1.66. The van der Waals surface area contributed by atoms with E-state index in [1.165, 1.54) is 5.56 Å². The van der Waals surface area contributed by atoms with Crippen molar-refractivity contribution in [3.8, 4) is 11.5 Å². The molecule has 10 nitrogen and oxygen atoms in total. The molecule has 0 spiro atoms. The van der Waals surface area contributed by atoms with Crippen LogP contribution >= 0.6 is 11.6 Å². The highest BCUT2D eigenvalue weighted by Crippen LogP contribution is 2.49. The van der Waals surface area contributed by atoms with Gasteiger partial charge in [-0.25, -0.2) is 4.98 Å². The average molecular weight is 660 g/mol. The average Bonchev–Trinajstić information content (AvgIpc) is 3.71. The number of carbonyl (C=O) groups excluding carboxylic acids is 1. The van der Waals surface area contributed by atoms with Crippen molar-refractivity contribution in [2.45, 2.75) is 64.8 Å². The molecule has 248 valence electrons. The predicted molar refractivity (Wildman–Crippen MR) is 180 cm³/mol. The smallest absolute Gasteiger partial charge is 0.325 e. The lowest BCUT2D eigenvalue weighted by Gasteiger charge is -2.33. The summed E-state index contributed by atoms with van der Waals surface area (Å²) in [6.07, 6.45) is 3.61. The number of likely N-dealkylation sites (tertiary alicyclic amines) is 1. The van der Waals surface area contributed by atoms with E-state index in [2.05, 4.69) is 51.8 Å². The van der Waals surface area contributed by atoms with Crippen molar-refractivity contribution in [3.63, 3.8) is 0 Å². The summed E-state index contributed by atoms with van der Waals surface area (Å²) in [5.41, 5.74) is 4.66. The van der Waals surface area contributed by atoms with Crippen molar-refractivity contribution in [2.24, 2.45) is 5.41 Å². The summed E-state index contributed by atoms with van der Waals surface area (Å²) < 4.78 is 26.3. The molecule has 0 aliphatic carbocycles. The number of esters is 1. The number of rotatable bonds is 9. The largest absolute Gasteiger partial charge is 0.465 e. The summed E-state index contributed by atoms with van der Waals surface area (Å²) >= 11 is 6.08. The van der Waals surface area contributed by atoms with Crippen molar-refractivity contribution >= 4 is 34.3 Å². The predicted octanol–water partition coefficient (Wildman–Crippen LogP) is 6.68. The second-order valence-corrected chi connectivity index (χ2v) is 14.0. The van der Waals surface area contributed by atoms with Gasteiger partial charge >= 0.3 is 5.97 Å². The first-order valence-corrected chi connectivity index (χ1v) is 16.8. The van der Waals surface area contributed by atoms with Crippen LogP contribution in [0.1, 0.15) is 69.6 Å². The highest BCUT2D eigenvalue weighted by atomic mass is 35.5. The van der Waals surface area contributed by atoms with Crippen LogP contribution in [0.2, 0.25) is 5.02 Å². The van der Waals surface area contributed by atoms with Crippen LogP contribution in [0.5, 0.6) is 11.5 Å². The number of benzene rings is 2. The quantitative estimate of drug-likeness (QED) is 0.197. The Hall–Kier alpha value is -3.86. The van der Waals surface area contributed by atoms with Crippen molar-refractivity contribution in [2.75, 3.05) is 44.8 Å². The molecular formula is C36H42ClN5O5. The van der Waals surface area contributed by atoms with E-state index in [1.807, 2.05) is 38.1 Å². The SMILES string of the molecule is CCOC(=O)CNc1ccc2nc(CN3CCC(c4cccc5c4O[C@@](C)(c4ccc(Cl)cn4)O5)CC3)n([C@@H]3COCC3(C)C)c2c1. The van der Waals surface area contributed by atoms with Crippen LogP contribution in [0.15, 0.2) is 54.7 Å². The number of fused-ring (bicyclic) bond motifs is 2. The Kier molecular flexibility index (Phi) is 8.53. The second-order valence-electron chi connectivity index (χ2n) is 13.5. The van der Waals surface area contributed by atoms with Crippen molar-refractivity contribution < 1.29 is 23.7 Å². The van der Waals surface area contributed by atoms with Gasteiger partial charge < -0.3 is 28.8 Å². The molecule has 1 N–H and O–H groups in total. The Balaban J connectivity index is 1.08. The number of imidazole rings is 1. The Labute approximate surface area is 280 Å². The van der Waals surface area contributed by atoms with E-state index in [1.54, 1.807) is 12.3 Å². The fourth-order valence-electron chi connectivity index (χ4n) is 7.10. The minimum Gasteiger partial charge on any atom is -0.465 e. The number of anilines is 1. The third-order valence-electron chi connectivity index (χ3n) is 9.66. The van der Waals surface area contributed by atoms with E-state index in [0.717, 1.165) is 66.5 Å². The Morgan fingerprint density at radius 3 is 2.66 bits per heavy atom. The second kappa shape index (κ2) is 12.6. The van der Waals surface area contributed by atoms with Gasteiger partial charge in [-0.15, -0.1) is 0 Å². The third kappa shape index (κ3) is 6.26. The van der Waals surface area contributed by atoms with E-state index < -0.39 is 5.79 Å². The van der Waals surface area contributed by atoms with Gasteiger partial charge in [-0.1, -0.05) is 37.6 Å². The lowest BCUT2D eigenvalue weighted by Crippen LogP contribution is -2.35. The number of hydrogen-bond acceptors (Lipinski definition) is 9. The van der Waals surface area contributed by atoms with E-state index >= 15 is 0 Å². The molecule has 47 heavy (non-hydrogen) atoms. The van der Waals surface area contributed by atoms with Crippen LogP contribution in [-0.4, -0.2) is 64.9 Å². The normalized spacial score (nSPS) is 22.5. The molecule has 0 radical (unpaired) electrons. The van der Waals surface area contributed by atoms with Gasteiger partial charge in [-0.3, -0.25) is 14.7 Å². The minimum absolute atomic E-state index is 0.0461. The number of nitrogens with one attached hydrogen (secondary N) is 1. The highest BCUT2D eigenvalue weighted by molar-refractivity contribution is 6.30. The zero-order valence-corrected chi connectivity index (χ0v) is 28.2. The maximum Gasteiger partial charge on any atom is 0.325 e. The molecule has 3 aliphatic rings. The topological polar surface area (TPSA) is 100.0 Å². The standard InChI is InChI=1S/C36H42ClN5O5/c1-5-45-33(43)19-38-25-10-11-27-28(17-25)42(31-21-44-22-35(31,2)3)32(40-27)20-41-15-13-23(14-16-41)26-7-6-8-29-34(26)47-36(4,46-29)30-12-9-24(37)18-39-30/h6-12,17-18,23,31,38H,5,13-16,19-22H2,1-4H3/t31-,36+/m1/s1. The fourth-order valence-corrected chi connectivity index (χ4v) is 7.21. The van der Waals surface area contributed by atoms with E-state index in [0.29, 0.717) is 36.5 Å². The van der Waals surface area contributed by atoms with E-state index in [9.17, 15) is 4.79 Å². The summed E-state index contributed by atoms with van der Waals surface area (Å²) in [6, 6.07) is 16.1. The summed E-state index contributed by atoms with van der Waals surface area (Å²) in [6.45, 7) is 12.7. The molecule has 7 rings (SSSR count). The molecule has 0 saturated carbocycles. The maximum absolute atomic E-state index is 12.0. The summed E-state index contributed by atoms with van der Waals surface area (Å²) in [4.78, 5) is 24.1. The first kappa shape index (κ1) is 31.7. The number of hydrogen-bond donors (Lipinski definition) is 1. The van der Waals surface area contributed by atoms with Crippen LogP contribution in [-0.2, 0) is 26.6 Å². The van der Waals surface area contributed by atoms with Crippen LogP contribution in [0.25, 0.3) is 11.0 Å². The first-order valence-electron chi connectivity index (χ1n) is 16.5. The Morgan fingerprint density at radius 1 is 1.11 bits per heavy atom. The zero-order valence-electron chi connectivity index (χ0n) is 27.4. The lowest BCUT2D eigenvalue weighted by molar-refractivity contribution is -0.140. The first-order chi connectivity index (χ1) is 22.6. The third-order valence-corrected chi connectivity index (χ3v) is 9.89. The summed E-state index contributed by atoms with van der Waals surface area (Å²) in [7, 11) is 0. The van der Waals surface area contributed by atoms with Crippen LogP contribution < -0.4 is 14.8 Å². The van der Waals surface area contributed by atoms with Gasteiger partial charge in [0.1, 0.15) is 18.1 Å². The minimum atomic E-state index is -1.01. The number of carbonyl (C=O) groups is 1. The van der Waals surface area contributed by atoms with Gasteiger partial charge in [-0.05, 0) is 75.2 Å². The fraction of sp³-hybridized carbons (Fsp3) is 0.472. The molecule has 2 aromatic heterocycles. The molecule has 0 bridgehead atoms. The van der Waals surface area contributed by atoms with Gasteiger partial charge in [0.05, 0.1) is 48.5 Å². The van der Waals surface area contributed by atoms with Gasteiger partial charge in [0.25, 0.3) is 5.79 Å². The van der Waals surface area contributed by atoms with Gasteiger partial charge in [-0.2, -0.15) is 0 Å². The number of para-hydroxylation sites is 1. The van der Waals surface area contributed by atoms with E-state index in [4.69, 9.17) is 35.5 Å². The summed E-state index contributed by atoms with van der Waals surface area (Å²) in [5, 5.41) is 3.79. The molecule has 5 heterocycles. The number of aromatic nitrogens is 3. The van der Waals surface area contributed by atoms with Gasteiger partial charge in [0.2, 0.25) is 0 Å². The molecule has 3 aliphatic heterocycles. The van der Waals surface area contributed by atoms with Gasteiger partial charge in [0, 0.05) is 29.8 Å².